The molecule has 0 unspecified atom stereocenters. The quantitative estimate of drug-likeness (QED) is 0.794. The van der Waals surface area contributed by atoms with Gasteiger partial charge in [-0.05, 0) is 37.4 Å². The maximum absolute atomic E-state index is 13.0. The number of thiophene rings is 1. The second-order valence-corrected chi connectivity index (χ2v) is 7.20. The molecule has 0 aliphatic carbocycles. The summed E-state index contributed by atoms with van der Waals surface area (Å²) < 4.78 is 0. The number of carbonyl (C=O) groups excluding carboxylic acids is 3. The Morgan fingerprint density at radius 3 is 2.54 bits per heavy atom. The van der Waals surface area contributed by atoms with Gasteiger partial charge in [0.1, 0.15) is 6.04 Å². The van der Waals surface area contributed by atoms with Gasteiger partial charge in [0.15, 0.2) is 0 Å². The number of hydrogen-bond donors (Lipinski definition) is 1. The van der Waals surface area contributed by atoms with Gasteiger partial charge in [-0.25, -0.2) is 9.69 Å². The third kappa shape index (κ3) is 3.62. The van der Waals surface area contributed by atoms with Crippen molar-refractivity contribution in [2.45, 2.75) is 32.9 Å². The average Bonchev–Trinajstić information content (AvgIpc) is 3.19. The van der Waals surface area contributed by atoms with Crippen LogP contribution in [0, 0.1) is 6.92 Å². The van der Waals surface area contributed by atoms with Crippen LogP contribution >= 0.6 is 11.3 Å². The number of carbonyl (C=O) groups is 3. The van der Waals surface area contributed by atoms with Crippen LogP contribution in [0.25, 0.3) is 0 Å². The van der Waals surface area contributed by atoms with E-state index in [0.29, 0.717) is 18.8 Å². The van der Waals surface area contributed by atoms with E-state index in [2.05, 4.69) is 5.32 Å². The molecule has 4 amide bonds. The molecule has 1 aromatic heterocycles. The molecule has 3 rings (SSSR count). The summed E-state index contributed by atoms with van der Waals surface area (Å²) in [7, 11) is 0. The van der Waals surface area contributed by atoms with E-state index in [1.54, 1.807) is 12.1 Å². The Hall–Kier alpha value is -2.67. The summed E-state index contributed by atoms with van der Waals surface area (Å²) in [6.45, 7) is 4.56. The molecule has 1 N–H and O–H groups in total. The van der Waals surface area contributed by atoms with Crippen LogP contribution in [0.15, 0.2) is 41.8 Å². The first-order valence-corrected chi connectivity index (χ1v) is 9.39. The predicted octanol–water partition coefficient (Wildman–Crippen LogP) is 2.92. The van der Waals surface area contributed by atoms with Crippen LogP contribution in [-0.4, -0.2) is 35.3 Å². The summed E-state index contributed by atoms with van der Waals surface area (Å²) in [5.41, 5.74) is 1.57. The van der Waals surface area contributed by atoms with Gasteiger partial charge in [-0.1, -0.05) is 23.8 Å². The van der Waals surface area contributed by atoms with Crippen molar-refractivity contribution in [2.24, 2.45) is 0 Å². The molecule has 2 heterocycles. The highest BCUT2D eigenvalue weighted by Crippen LogP contribution is 2.29. The van der Waals surface area contributed by atoms with E-state index in [-0.39, 0.29) is 24.3 Å². The van der Waals surface area contributed by atoms with Crippen LogP contribution in [-0.2, 0) is 16.1 Å². The molecule has 1 atom stereocenters. The number of imide groups is 1. The van der Waals surface area contributed by atoms with Gasteiger partial charge >= 0.3 is 6.03 Å². The number of benzene rings is 1. The zero-order chi connectivity index (χ0) is 18.7. The van der Waals surface area contributed by atoms with Crippen LogP contribution in [0.3, 0.4) is 0 Å². The first kappa shape index (κ1) is 18.1. The second kappa shape index (κ2) is 7.70. The van der Waals surface area contributed by atoms with E-state index >= 15 is 0 Å². The Labute approximate surface area is 156 Å². The Kier molecular flexibility index (Phi) is 5.37. The molecule has 1 aromatic carbocycles. The lowest BCUT2D eigenvalue weighted by Crippen LogP contribution is -2.39. The molecule has 2 aromatic rings. The smallest absolute Gasteiger partial charge is 0.332 e. The minimum Gasteiger partial charge on any atom is -0.356 e. The van der Waals surface area contributed by atoms with Crippen molar-refractivity contribution in [1.29, 1.82) is 0 Å². The normalized spacial score (nSPS) is 17.1. The standard InChI is InChI=1S/C19H21N3O3S/c1-3-20-17(23)11-16-18(24)22(14-8-6-13(2)7-9-14)19(25)21(16)12-15-5-4-10-26-15/h4-10,16H,3,11-12H2,1-2H3,(H,20,23)/t16-/m0/s1. The van der Waals surface area contributed by atoms with Crippen molar-refractivity contribution < 1.29 is 14.4 Å². The van der Waals surface area contributed by atoms with E-state index in [1.165, 1.54) is 21.1 Å². The van der Waals surface area contributed by atoms with Gasteiger partial charge in [0, 0.05) is 11.4 Å². The molecule has 136 valence electrons. The van der Waals surface area contributed by atoms with Crippen LogP contribution in [0.1, 0.15) is 23.8 Å². The molecule has 0 spiro atoms. The highest BCUT2D eigenvalue weighted by molar-refractivity contribution is 7.09. The molecule has 6 nitrogen and oxygen atoms in total. The van der Waals surface area contributed by atoms with Crippen molar-refractivity contribution in [1.82, 2.24) is 10.2 Å². The van der Waals surface area contributed by atoms with Gasteiger partial charge in [0.05, 0.1) is 18.7 Å². The molecule has 26 heavy (non-hydrogen) atoms. The topological polar surface area (TPSA) is 69.7 Å². The number of amides is 4. The third-order valence-electron chi connectivity index (χ3n) is 4.27. The van der Waals surface area contributed by atoms with Gasteiger partial charge < -0.3 is 10.2 Å². The summed E-state index contributed by atoms with van der Waals surface area (Å²) in [6.07, 6.45) is -0.0356. The predicted molar refractivity (Wildman–Crippen MR) is 101 cm³/mol. The van der Waals surface area contributed by atoms with E-state index in [9.17, 15) is 14.4 Å². The van der Waals surface area contributed by atoms with Crippen molar-refractivity contribution in [3.63, 3.8) is 0 Å². The minimum atomic E-state index is -0.794. The average molecular weight is 371 g/mol. The highest BCUT2D eigenvalue weighted by Gasteiger charge is 2.46. The summed E-state index contributed by atoms with van der Waals surface area (Å²) in [4.78, 5) is 41.7. The molecular formula is C19H21N3O3S. The second-order valence-electron chi connectivity index (χ2n) is 6.17. The van der Waals surface area contributed by atoms with Crippen molar-refractivity contribution in [3.05, 3.63) is 52.2 Å². The van der Waals surface area contributed by atoms with Gasteiger partial charge in [0.25, 0.3) is 5.91 Å². The number of nitrogens with zero attached hydrogens (tertiary/aromatic N) is 2. The zero-order valence-electron chi connectivity index (χ0n) is 14.8. The number of aryl methyl sites for hydroxylation is 1. The maximum atomic E-state index is 13.0. The number of anilines is 1. The van der Waals surface area contributed by atoms with Crippen LogP contribution in [0.2, 0.25) is 0 Å². The molecular weight excluding hydrogens is 350 g/mol. The molecule has 1 fully saturated rings. The largest absolute Gasteiger partial charge is 0.356 e. The summed E-state index contributed by atoms with van der Waals surface area (Å²) in [5, 5.41) is 4.63. The highest BCUT2D eigenvalue weighted by atomic mass is 32.1. The summed E-state index contributed by atoms with van der Waals surface area (Å²) >= 11 is 1.52. The SMILES string of the molecule is CCNC(=O)C[C@H]1C(=O)N(c2ccc(C)cc2)C(=O)N1Cc1cccs1. The molecule has 1 aliphatic rings. The molecule has 1 aliphatic heterocycles. The fraction of sp³-hybridized carbons (Fsp3) is 0.316. The maximum Gasteiger partial charge on any atom is 0.332 e. The van der Waals surface area contributed by atoms with Gasteiger partial charge in [-0.15, -0.1) is 11.3 Å². The Bertz CT molecular complexity index is 802. The van der Waals surface area contributed by atoms with E-state index in [4.69, 9.17) is 0 Å². The lowest BCUT2D eigenvalue weighted by atomic mass is 10.1. The number of hydrogen-bond acceptors (Lipinski definition) is 4. The first-order valence-electron chi connectivity index (χ1n) is 8.51. The van der Waals surface area contributed by atoms with Gasteiger partial charge in [0.2, 0.25) is 5.91 Å². The fourth-order valence-corrected chi connectivity index (χ4v) is 3.66. The van der Waals surface area contributed by atoms with Crippen LogP contribution in [0.5, 0.6) is 0 Å². The van der Waals surface area contributed by atoms with Crippen molar-refractivity contribution >= 4 is 34.9 Å². The molecule has 1 saturated heterocycles. The van der Waals surface area contributed by atoms with E-state index in [1.807, 2.05) is 43.5 Å². The Morgan fingerprint density at radius 1 is 1.19 bits per heavy atom. The monoisotopic (exact) mass is 371 g/mol. The third-order valence-corrected chi connectivity index (χ3v) is 5.13. The van der Waals surface area contributed by atoms with Crippen LogP contribution in [0.4, 0.5) is 10.5 Å². The molecule has 0 saturated carbocycles. The van der Waals surface area contributed by atoms with Crippen molar-refractivity contribution in [2.75, 3.05) is 11.4 Å². The first-order chi connectivity index (χ1) is 12.5. The molecule has 0 radical (unpaired) electrons. The Morgan fingerprint density at radius 2 is 1.92 bits per heavy atom. The Balaban J connectivity index is 1.90. The number of nitrogens with one attached hydrogen (secondary N) is 1. The summed E-state index contributed by atoms with van der Waals surface area (Å²) in [5.74, 6) is -0.595. The lowest BCUT2D eigenvalue weighted by Gasteiger charge is -2.20. The number of rotatable bonds is 6. The number of urea groups is 1. The van der Waals surface area contributed by atoms with Crippen LogP contribution < -0.4 is 10.2 Å². The minimum absolute atomic E-state index is 0.0356. The lowest BCUT2D eigenvalue weighted by molar-refractivity contribution is -0.127. The van der Waals surface area contributed by atoms with Crippen molar-refractivity contribution in [3.8, 4) is 0 Å². The van der Waals surface area contributed by atoms with E-state index < -0.39 is 6.04 Å². The van der Waals surface area contributed by atoms with E-state index in [0.717, 1.165) is 10.4 Å². The fourth-order valence-electron chi connectivity index (χ4n) is 2.96. The summed E-state index contributed by atoms with van der Waals surface area (Å²) in [6, 6.07) is 9.86. The zero-order valence-corrected chi connectivity index (χ0v) is 15.6. The molecule has 0 bridgehead atoms. The molecule has 7 heteroatoms. The van der Waals surface area contributed by atoms with Gasteiger partial charge in [-0.2, -0.15) is 0 Å². The van der Waals surface area contributed by atoms with Gasteiger partial charge in [-0.3, -0.25) is 9.59 Å².